The normalized spacial score (nSPS) is 14.9. The van der Waals surface area contributed by atoms with Crippen LogP contribution in [-0.2, 0) is 0 Å². The molecule has 1 rings (SSSR count). The molecular formula is C23H39FN4S. The number of nitrogens with one attached hydrogen (secondary N) is 1. The highest BCUT2D eigenvalue weighted by Crippen LogP contribution is 2.19. The van der Waals surface area contributed by atoms with E-state index in [2.05, 4.69) is 60.7 Å². The Morgan fingerprint density at radius 3 is 2.59 bits per heavy atom. The van der Waals surface area contributed by atoms with Gasteiger partial charge < -0.3 is 4.90 Å². The smallest absolute Gasteiger partial charge is 0.132 e. The van der Waals surface area contributed by atoms with Crippen LogP contribution in [0.5, 0.6) is 0 Å². The Hall–Kier alpha value is -1.21. The highest BCUT2D eigenvalue weighted by Gasteiger charge is 2.13. The molecule has 6 heteroatoms. The Morgan fingerprint density at radius 2 is 1.93 bits per heavy atom. The maximum Gasteiger partial charge on any atom is 0.132 e. The molecular weight excluding hydrogens is 383 g/mol. The van der Waals surface area contributed by atoms with E-state index in [1.165, 1.54) is 18.9 Å². The summed E-state index contributed by atoms with van der Waals surface area (Å²) in [7, 11) is 4.27. The number of aliphatic imine (C=N–C) groups is 1. The van der Waals surface area contributed by atoms with Crippen LogP contribution >= 0.6 is 12.6 Å². The van der Waals surface area contributed by atoms with Gasteiger partial charge >= 0.3 is 0 Å². The Morgan fingerprint density at radius 1 is 1.21 bits per heavy atom. The molecule has 0 aliphatic heterocycles. The van der Waals surface area contributed by atoms with Crippen molar-refractivity contribution in [3.8, 4) is 0 Å². The van der Waals surface area contributed by atoms with Crippen molar-refractivity contribution in [2.45, 2.75) is 58.0 Å². The van der Waals surface area contributed by atoms with Crippen LogP contribution in [0.1, 0.15) is 52.0 Å². The number of halogens is 1. The minimum Gasteiger partial charge on any atom is -0.304 e. The van der Waals surface area contributed by atoms with Crippen LogP contribution in [0.3, 0.4) is 0 Å². The van der Waals surface area contributed by atoms with Crippen molar-refractivity contribution in [3.63, 3.8) is 0 Å². The van der Waals surface area contributed by atoms with Crippen LogP contribution in [0.25, 0.3) is 5.70 Å². The van der Waals surface area contributed by atoms with E-state index in [9.17, 15) is 4.39 Å². The molecule has 29 heavy (non-hydrogen) atoms. The number of unbranched alkanes of at least 4 members (excludes halogenated alkanes) is 1. The number of nitrogens with zero attached hydrogens (tertiary/aromatic N) is 3. The van der Waals surface area contributed by atoms with Gasteiger partial charge in [-0.3, -0.25) is 15.2 Å². The molecule has 0 fully saturated rings. The van der Waals surface area contributed by atoms with E-state index in [1.54, 1.807) is 18.3 Å². The summed E-state index contributed by atoms with van der Waals surface area (Å²) in [5.74, 6) is -0.248. The number of allylic oxidation sites excluding steroid dienone is 1. The lowest BCUT2D eigenvalue weighted by molar-refractivity contribution is 0.205. The van der Waals surface area contributed by atoms with Gasteiger partial charge in [0, 0.05) is 30.9 Å². The number of thiol groups is 1. The van der Waals surface area contributed by atoms with Gasteiger partial charge in [-0.05, 0) is 59.0 Å². The van der Waals surface area contributed by atoms with Crippen molar-refractivity contribution in [1.29, 1.82) is 0 Å². The Kier molecular flexibility index (Phi) is 13.1. The molecule has 0 heterocycles. The second kappa shape index (κ2) is 14.7. The number of hydrogen-bond acceptors (Lipinski definition) is 5. The van der Waals surface area contributed by atoms with Gasteiger partial charge in [-0.2, -0.15) is 0 Å². The predicted molar refractivity (Wildman–Crippen MR) is 128 cm³/mol. The summed E-state index contributed by atoms with van der Waals surface area (Å²) < 4.78 is 14.0. The van der Waals surface area contributed by atoms with E-state index in [4.69, 9.17) is 0 Å². The molecule has 0 saturated heterocycles. The lowest BCUT2D eigenvalue weighted by atomic mass is 10.1. The minimum atomic E-state index is -0.248. The summed E-state index contributed by atoms with van der Waals surface area (Å²) in [4.78, 5) is 9.10. The van der Waals surface area contributed by atoms with E-state index in [0.29, 0.717) is 23.8 Å². The fourth-order valence-electron chi connectivity index (χ4n) is 2.91. The molecule has 2 unspecified atom stereocenters. The predicted octanol–water partition coefficient (Wildman–Crippen LogP) is 4.89. The van der Waals surface area contributed by atoms with Crippen molar-refractivity contribution in [2.24, 2.45) is 4.99 Å². The zero-order chi connectivity index (χ0) is 21.6. The van der Waals surface area contributed by atoms with E-state index >= 15 is 0 Å². The molecule has 2 atom stereocenters. The Bertz CT molecular complexity index is 635. The number of rotatable bonds is 14. The molecule has 0 radical (unpaired) electrons. The molecule has 4 nitrogen and oxygen atoms in total. The van der Waals surface area contributed by atoms with Gasteiger partial charge in [-0.25, -0.2) is 4.39 Å². The standard InChI is InChI=1S/C23H39FN4S/c1-6-8-17-27(4)19(3)14-18-28(5)23(29)26-16-15-25-22(11-7-2)20-12-9-10-13-21(20)24/h9-13,15,19,23,26,29H,6-8,14,16-18H2,1-5H3/b22-11-,25-15?. The second-order valence-electron chi connectivity index (χ2n) is 7.52. The minimum absolute atomic E-state index is 0.0540. The number of benzene rings is 1. The molecule has 1 aromatic carbocycles. The van der Waals surface area contributed by atoms with Gasteiger partial charge in [-0.15, -0.1) is 12.6 Å². The van der Waals surface area contributed by atoms with Crippen LogP contribution in [-0.4, -0.2) is 61.3 Å². The van der Waals surface area contributed by atoms with Crippen LogP contribution in [0.4, 0.5) is 4.39 Å². The van der Waals surface area contributed by atoms with Gasteiger partial charge in [0.15, 0.2) is 0 Å². The SMILES string of the molecule is CC/C=C(\N=CCNC(S)N(C)CCC(C)N(C)CCCC)c1ccccc1F. The summed E-state index contributed by atoms with van der Waals surface area (Å²) in [5, 5.41) is 3.34. The van der Waals surface area contributed by atoms with Crippen molar-refractivity contribution in [3.05, 3.63) is 41.7 Å². The van der Waals surface area contributed by atoms with Crippen LogP contribution in [0.15, 0.2) is 35.3 Å². The fourth-order valence-corrected chi connectivity index (χ4v) is 3.13. The maximum atomic E-state index is 14.0. The summed E-state index contributed by atoms with van der Waals surface area (Å²) in [6.07, 6.45) is 8.10. The topological polar surface area (TPSA) is 30.9 Å². The van der Waals surface area contributed by atoms with Gasteiger partial charge in [0.2, 0.25) is 0 Å². The quantitative estimate of drug-likeness (QED) is 0.254. The second-order valence-corrected chi connectivity index (χ2v) is 8.01. The summed E-state index contributed by atoms with van der Waals surface area (Å²) in [6, 6.07) is 7.29. The molecule has 1 aromatic rings. The first kappa shape index (κ1) is 25.8. The highest BCUT2D eigenvalue weighted by molar-refractivity contribution is 7.80. The largest absolute Gasteiger partial charge is 0.304 e. The zero-order valence-electron chi connectivity index (χ0n) is 18.7. The zero-order valence-corrected chi connectivity index (χ0v) is 19.6. The molecule has 0 amide bonds. The third-order valence-electron chi connectivity index (χ3n) is 5.10. The average molecular weight is 423 g/mol. The lowest BCUT2D eigenvalue weighted by Gasteiger charge is -2.29. The monoisotopic (exact) mass is 422 g/mol. The summed E-state index contributed by atoms with van der Waals surface area (Å²) in [6.45, 7) is 9.21. The van der Waals surface area contributed by atoms with E-state index in [1.807, 2.05) is 19.1 Å². The molecule has 0 bridgehead atoms. The third-order valence-corrected chi connectivity index (χ3v) is 5.68. The molecule has 0 aliphatic rings. The first-order valence-electron chi connectivity index (χ1n) is 10.7. The van der Waals surface area contributed by atoms with E-state index < -0.39 is 0 Å². The van der Waals surface area contributed by atoms with Crippen molar-refractivity contribution >= 4 is 24.5 Å². The van der Waals surface area contributed by atoms with Crippen molar-refractivity contribution in [2.75, 3.05) is 33.7 Å². The maximum absolute atomic E-state index is 14.0. The number of hydrogen-bond donors (Lipinski definition) is 2. The Balaban J connectivity index is 2.45. The van der Waals surface area contributed by atoms with Crippen LogP contribution < -0.4 is 5.32 Å². The van der Waals surface area contributed by atoms with Gasteiger partial charge in [0.25, 0.3) is 0 Å². The van der Waals surface area contributed by atoms with Crippen LogP contribution in [0, 0.1) is 5.82 Å². The molecule has 0 aliphatic carbocycles. The highest BCUT2D eigenvalue weighted by atomic mass is 32.1. The van der Waals surface area contributed by atoms with Crippen LogP contribution in [0.2, 0.25) is 0 Å². The first-order valence-corrected chi connectivity index (χ1v) is 11.2. The molecule has 0 aromatic heterocycles. The third kappa shape index (κ3) is 9.90. The Labute approximate surface area is 182 Å². The van der Waals surface area contributed by atoms with Gasteiger partial charge in [-0.1, -0.05) is 38.5 Å². The molecule has 0 saturated carbocycles. The van der Waals surface area contributed by atoms with Crippen molar-refractivity contribution < 1.29 is 4.39 Å². The van der Waals surface area contributed by atoms with E-state index in [0.717, 1.165) is 25.9 Å². The average Bonchev–Trinajstić information content (AvgIpc) is 2.72. The fraction of sp³-hybridized carbons (Fsp3) is 0.609. The molecule has 164 valence electrons. The summed E-state index contributed by atoms with van der Waals surface area (Å²) in [5.41, 5.74) is 1.15. The lowest BCUT2D eigenvalue weighted by Crippen LogP contribution is -2.42. The molecule has 1 N–H and O–H groups in total. The van der Waals surface area contributed by atoms with Gasteiger partial charge in [0.05, 0.1) is 5.70 Å². The van der Waals surface area contributed by atoms with E-state index in [-0.39, 0.29) is 11.3 Å². The van der Waals surface area contributed by atoms with Crippen molar-refractivity contribution in [1.82, 2.24) is 15.1 Å². The first-order chi connectivity index (χ1) is 13.9. The molecule has 0 spiro atoms. The summed E-state index contributed by atoms with van der Waals surface area (Å²) >= 11 is 4.65. The van der Waals surface area contributed by atoms with Gasteiger partial charge in [0.1, 0.15) is 11.3 Å².